The Morgan fingerprint density at radius 2 is 1.76 bits per heavy atom. The fourth-order valence-electron chi connectivity index (χ4n) is 1.47. The average molecular weight is 235 g/mol. The van der Waals surface area contributed by atoms with Crippen LogP contribution in [0.4, 0.5) is 0 Å². The predicted molar refractivity (Wildman–Crippen MR) is 71.0 cm³/mol. The minimum Gasteiger partial charge on any atom is -0.467 e. The third-order valence-electron chi connectivity index (χ3n) is 2.29. The second kappa shape index (κ2) is 7.23. The van der Waals surface area contributed by atoms with Crippen LogP contribution in [-0.4, -0.2) is 12.9 Å². The van der Waals surface area contributed by atoms with Gasteiger partial charge >= 0.3 is 0 Å². The SMILES string of the molecule is CC[CH-]c1ccc(OC(C)OCC(C)C)cc1. The molecule has 17 heavy (non-hydrogen) atoms. The van der Waals surface area contributed by atoms with Crippen LogP contribution in [0.3, 0.4) is 0 Å². The fraction of sp³-hybridized carbons (Fsp3) is 0.533. The van der Waals surface area contributed by atoms with Gasteiger partial charge in [0, 0.05) is 0 Å². The van der Waals surface area contributed by atoms with E-state index < -0.39 is 0 Å². The van der Waals surface area contributed by atoms with Crippen molar-refractivity contribution in [2.24, 2.45) is 5.92 Å². The van der Waals surface area contributed by atoms with Crippen LogP contribution in [-0.2, 0) is 4.74 Å². The summed E-state index contributed by atoms with van der Waals surface area (Å²) < 4.78 is 11.2. The lowest BCUT2D eigenvalue weighted by molar-refractivity contribution is -0.0755. The van der Waals surface area contributed by atoms with E-state index in [-0.39, 0.29) is 6.29 Å². The molecule has 0 spiro atoms. The number of benzene rings is 1. The van der Waals surface area contributed by atoms with Gasteiger partial charge in [-0.25, -0.2) is 0 Å². The van der Waals surface area contributed by atoms with Crippen LogP contribution < -0.4 is 4.74 Å². The van der Waals surface area contributed by atoms with E-state index >= 15 is 0 Å². The van der Waals surface area contributed by atoms with E-state index in [2.05, 4.69) is 39.3 Å². The number of rotatable bonds is 7. The van der Waals surface area contributed by atoms with Crippen molar-refractivity contribution in [1.29, 1.82) is 0 Å². The first-order valence-corrected chi connectivity index (χ1v) is 6.33. The molecule has 0 saturated heterocycles. The highest BCUT2D eigenvalue weighted by Crippen LogP contribution is 2.16. The smallest absolute Gasteiger partial charge is 0.196 e. The Morgan fingerprint density at radius 3 is 2.29 bits per heavy atom. The standard InChI is InChI=1S/C15H23O2/c1-5-6-14-7-9-15(10-8-14)17-13(4)16-11-12(2)3/h6-10,12-13H,5,11H2,1-4H3/q-1. The summed E-state index contributed by atoms with van der Waals surface area (Å²) in [6.45, 7) is 9.04. The Balaban J connectivity index is 2.40. The lowest BCUT2D eigenvalue weighted by Gasteiger charge is -2.18. The molecule has 0 aromatic heterocycles. The minimum atomic E-state index is -0.196. The number of ether oxygens (including phenoxy) is 2. The fourth-order valence-corrected chi connectivity index (χ4v) is 1.47. The molecule has 2 nitrogen and oxygen atoms in total. The number of hydrogen-bond acceptors (Lipinski definition) is 2. The van der Waals surface area contributed by atoms with Gasteiger partial charge in [-0.2, -0.15) is 24.1 Å². The van der Waals surface area contributed by atoms with E-state index in [0.717, 1.165) is 18.8 Å². The summed E-state index contributed by atoms with van der Waals surface area (Å²) in [7, 11) is 0. The third kappa shape index (κ3) is 5.64. The summed E-state index contributed by atoms with van der Waals surface area (Å²) in [6.07, 6.45) is 3.04. The highest BCUT2D eigenvalue weighted by molar-refractivity contribution is 5.31. The van der Waals surface area contributed by atoms with Crippen molar-refractivity contribution in [3.05, 3.63) is 36.2 Å². The maximum absolute atomic E-state index is 5.66. The lowest BCUT2D eigenvalue weighted by Crippen LogP contribution is -2.18. The molecule has 0 bridgehead atoms. The molecule has 0 N–H and O–H groups in total. The predicted octanol–water partition coefficient (Wildman–Crippen LogP) is 4.05. The van der Waals surface area contributed by atoms with E-state index in [4.69, 9.17) is 9.47 Å². The molecular weight excluding hydrogens is 212 g/mol. The molecular formula is C15H23O2-. The van der Waals surface area contributed by atoms with Crippen LogP contribution in [0.2, 0.25) is 0 Å². The summed E-state index contributed by atoms with van der Waals surface area (Å²) in [5.74, 6) is 1.39. The summed E-state index contributed by atoms with van der Waals surface area (Å²) in [5.41, 5.74) is 1.23. The van der Waals surface area contributed by atoms with E-state index in [1.54, 1.807) is 0 Å². The van der Waals surface area contributed by atoms with Gasteiger partial charge in [0.25, 0.3) is 0 Å². The first kappa shape index (κ1) is 13.9. The quantitative estimate of drug-likeness (QED) is 0.524. The van der Waals surface area contributed by atoms with Crippen LogP contribution in [0.15, 0.2) is 24.3 Å². The van der Waals surface area contributed by atoms with Crippen molar-refractivity contribution in [1.82, 2.24) is 0 Å². The van der Waals surface area contributed by atoms with Gasteiger partial charge in [0.2, 0.25) is 0 Å². The van der Waals surface area contributed by atoms with Gasteiger partial charge in [-0.3, -0.25) is 0 Å². The molecule has 0 heterocycles. The van der Waals surface area contributed by atoms with E-state index in [9.17, 15) is 0 Å². The summed E-state index contributed by atoms with van der Waals surface area (Å²) in [4.78, 5) is 0. The minimum absolute atomic E-state index is 0.196. The monoisotopic (exact) mass is 235 g/mol. The normalized spacial score (nSPS) is 12.5. The van der Waals surface area contributed by atoms with Crippen molar-refractivity contribution in [3.63, 3.8) is 0 Å². The highest BCUT2D eigenvalue weighted by Gasteiger charge is 2.03. The Bertz CT molecular complexity index is 303. The largest absolute Gasteiger partial charge is 0.467 e. The van der Waals surface area contributed by atoms with Crippen LogP contribution in [0.5, 0.6) is 5.75 Å². The van der Waals surface area contributed by atoms with E-state index in [0.29, 0.717) is 5.92 Å². The maximum Gasteiger partial charge on any atom is 0.196 e. The second-order valence-electron chi connectivity index (χ2n) is 4.59. The van der Waals surface area contributed by atoms with Crippen molar-refractivity contribution >= 4 is 0 Å². The van der Waals surface area contributed by atoms with E-state index in [1.807, 2.05) is 19.1 Å². The molecule has 2 heteroatoms. The summed E-state index contributed by atoms with van der Waals surface area (Å²) in [5, 5.41) is 0. The molecule has 0 amide bonds. The topological polar surface area (TPSA) is 18.5 Å². The molecule has 0 aliphatic rings. The molecule has 1 atom stereocenters. The highest BCUT2D eigenvalue weighted by atomic mass is 16.7. The molecule has 0 saturated carbocycles. The molecule has 0 fully saturated rings. The van der Waals surface area contributed by atoms with Gasteiger partial charge in [-0.1, -0.05) is 39.3 Å². The Kier molecular flexibility index (Phi) is 5.92. The van der Waals surface area contributed by atoms with Gasteiger partial charge in [-0.15, -0.1) is 0 Å². The molecule has 1 rings (SSSR count). The zero-order valence-electron chi connectivity index (χ0n) is 11.3. The first-order chi connectivity index (χ1) is 8.11. The Morgan fingerprint density at radius 1 is 1.12 bits per heavy atom. The van der Waals surface area contributed by atoms with Crippen molar-refractivity contribution in [2.75, 3.05) is 6.61 Å². The molecule has 0 aliphatic carbocycles. The summed E-state index contributed by atoms with van der Waals surface area (Å²) >= 11 is 0. The van der Waals surface area contributed by atoms with Gasteiger partial charge in [0.05, 0.1) is 12.4 Å². The zero-order valence-corrected chi connectivity index (χ0v) is 11.3. The molecule has 1 aromatic rings. The Labute approximate surface area is 105 Å². The van der Waals surface area contributed by atoms with Gasteiger partial charge in [0.15, 0.2) is 6.29 Å². The van der Waals surface area contributed by atoms with E-state index in [1.165, 1.54) is 5.56 Å². The zero-order chi connectivity index (χ0) is 12.7. The van der Waals surface area contributed by atoms with Crippen LogP contribution in [0.25, 0.3) is 0 Å². The van der Waals surface area contributed by atoms with Crippen LogP contribution in [0, 0.1) is 12.3 Å². The van der Waals surface area contributed by atoms with Crippen molar-refractivity contribution in [2.45, 2.75) is 40.4 Å². The van der Waals surface area contributed by atoms with Crippen molar-refractivity contribution in [3.8, 4) is 5.75 Å². The second-order valence-corrected chi connectivity index (χ2v) is 4.59. The number of hydrogen-bond donors (Lipinski definition) is 0. The van der Waals surface area contributed by atoms with Gasteiger partial charge in [-0.05, 0) is 12.8 Å². The molecule has 0 aliphatic heterocycles. The molecule has 1 aromatic carbocycles. The lowest BCUT2D eigenvalue weighted by atomic mass is 10.1. The van der Waals surface area contributed by atoms with Crippen LogP contribution in [0.1, 0.15) is 39.7 Å². The molecule has 96 valence electrons. The Hall–Kier alpha value is -1.15. The third-order valence-corrected chi connectivity index (χ3v) is 2.29. The molecule has 0 radical (unpaired) electrons. The maximum atomic E-state index is 5.66. The average Bonchev–Trinajstić information content (AvgIpc) is 2.29. The van der Waals surface area contributed by atoms with Gasteiger partial charge in [0.1, 0.15) is 0 Å². The first-order valence-electron chi connectivity index (χ1n) is 6.33. The van der Waals surface area contributed by atoms with Crippen molar-refractivity contribution < 1.29 is 9.47 Å². The van der Waals surface area contributed by atoms with Gasteiger partial charge < -0.3 is 9.47 Å². The van der Waals surface area contributed by atoms with Crippen LogP contribution >= 0.6 is 0 Å². The molecule has 1 unspecified atom stereocenters. The summed E-state index contributed by atoms with van der Waals surface area (Å²) in [6, 6.07) is 8.09.